The number of hydrogen-bond acceptors (Lipinski definition) is 3. The van der Waals surface area contributed by atoms with Gasteiger partial charge < -0.3 is 20.6 Å². The zero-order valence-corrected chi connectivity index (χ0v) is 10.4. The molecule has 0 saturated carbocycles. The summed E-state index contributed by atoms with van der Waals surface area (Å²) in [7, 11) is 0. The molecule has 1 heterocycles. The van der Waals surface area contributed by atoms with Gasteiger partial charge in [0.05, 0.1) is 0 Å². The first-order valence-electron chi connectivity index (χ1n) is 5.99. The summed E-state index contributed by atoms with van der Waals surface area (Å²) >= 11 is 0. The van der Waals surface area contributed by atoms with E-state index in [0.717, 1.165) is 26.2 Å². The molecule has 0 radical (unpaired) electrons. The van der Waals surface area contributed by atoms with Gasteiger partial charge >= 0.3 is 6.09 Å². The summed E-state index contributed by atoms with van der Waals surface area (Å²) in [6.45, 7) is 6.77. The van der Waals surface area contributed by atoms with Crippen LogP contribution in [0.25, 0.3) is 0 Å². The molecule has 0 bridgehead atoms. The van der Waals surface area contributed by atoms with Crippen LogP contribution < -0.4 is 10.6 Å². The Hall–Kier alpha value is -1.30. The van der Waals surface area contributed by atoms with Gasteiger partial charge in [0, 0.05) is 38.1 Å². The third-order valence-electron chi connectivity index (χ3n) is 2.93. The molecule has 0 aliphatic carbocycles. The van der Waals surface area contributed by atoms with Crippen molar-refractivity contribution in [1.29, 1.82) is 0 Å². The molecular formula is C11H21N3O3. The van der Waals surface area contributed by atoms with E-state index in [0.29, 0.717) is 6.42 Å². The van der Waals surface area contributed by atoms with Crippen molar-refractivity contribution in [2.24, 2.45) is 5.92 Å². The van der Waals surface area contributed by atoms with Gasteiger partial charge in [0.1, 0.15) is 0 Å². The predicted molar refractivity (Wildman–Crippen MR) is 63.9 cm³/mol. The number of hydrogen-bond donors (Lipinski definition) is 3. The molecule has 2 unspecified atom stereocenters. The number of carbonyl (C=O) groups excluding carboxylic acids is 1. The van der Waals surface area contributed by atoms with Crippen molar-refractivity contribution in [3.8, 4) is 0 Å². The van der Waals surface area contributed by atoms with Gasteiger partial charge in [-0.3, -0.25) is 4.79 Å². The first kappa shape index (κ1) is 13.8. The summed E-state index contributed by atoms with van der Waals surface area (Å²) < 4.78 is 0. The standard InChI is InChI=1S/C11H21N3O3/c1-8(7-9(2)13-11(16)17)10(15)14-5-3-12-4-6-14/h8-9,12-13H,3-7H2,1-2H3,(H,16,17). The van der Waals surface area contributed by atoms with Crippen LogP contribution in [0, 0.1) is 5.92 Å². The molecule has 6 heteroatoms. The van der Waals surface area contributed by atoms with Crippen LogP contribution >= 0.6 is 0 Å². The minimum absolute atomic E-state index is 0.116. The predicted octanol–water partition coefficient (Wildman–Crippen LogP) is 0.101. The molecule has 0 aromatic rings. The van der Waals surface area contributed by atoms with E-state index in [1.165, 1.54) is 0 Å². The fourth-order valence-electron chi connectivity index (χ4n) is 2.10. The molecule has 0 spiro atoms. The van der Waals surface area contributed by atoms with E-state index in [-0.39, 0.29) is 17.9 Å². The lowest BCUT2D eigenvalue weighted by Crippen LogP contribution is -2.48. The SMILES string of the molecule is CC(CC(C)C(=O)N1CCNCC1)NC(=O)O. The second-order valence-corrected chi connectivity index (χ2v) is 4.56. The minimum atomic E-state index is -1.04. The summed E-state index contributed by atoms with van der Waals surface area (Å²) in [5.41, 5.74) is 0. The number of carbonyl (C=O) groups is 2. The van der Waals surface area contributed by atoms with Crippen molar-refractivity contribution >= 4 is 12.0 Å². The lowest BCUT2D eigenvalue weighted by molar-refractivity contribution is -0.135. The Labute approximate surface area is 101 Å². The maximum Gasteiger partial charge on any atom is 0.404 e. The topological polar surface area (TPSA) is 81.7 Å². The van der Waals surface area contributed by atoms with Crippen LogP contribution in [-0.4, -0.2) is 54.2 Å². The van der Waals surface area contributed by atoms with Gasteiger partial charge in [-0.15, -0.1) is 0 Å². The Balaban J connectivity index is 2.37. The van der Waals surface area contributed by atoms with E-state index in [1.54, 1.807) is 6.92 Å². The Bertz CT molecular complexity index is 277. The maximum atomic E-state index is 12.0. The van der Waals surface area contributed by atoms with E-state index >= 15 is 0 Å². The van der Waals surface area contributed by atoms with Gasteiger partial charge in [0.25, 0.3) is 0 Å². The summed E-state index contributed by atoms with van der Waals surface area (Å²) in [6.07, 6.45) is -0.506. The lowest BCUT2D eigenvalue weighted by Gasteiger charge is -2.30. The molecule has 17 heavy (non-hydrogen) atoms. The maximum absolute atomic E-state index is 12.0. The summed E-state index contributed by atoms with van der Waals surface area (Å²) in [6, 6.07) is -0.200. The molecule has 98 valence electrons. The first-order chi connectivity index (χ1) is 8.00. The summed E-state index contributed by atoms with van der Waals surface area (Å²) in [5, 5.41) is 14.1. The molecule has 1 rings (SSSR count). The highest BCUT2D eigenvalue weighted by Crippen LogP contribution is 2.10. The Kier molecular flexibility index (Phi) is 5.21. The molecule has 1 saturated heterocycles. The van der Waals surface area contributed by atoms with Crippen molar-refractivity contribution < 1.29 is 14.7 Å². The highest BCUT2D eigenvalue weighted by molar-refractivity contribution is 5.78. The van der Waals surface area contributed by atoms with Gasteiger partial charge in [-0.25, -0.2) is 4.79 Å². The number of nitrogens with one attached hydrogen (secondary N) is 2. The molecule has 0 aromatic carbocycles. The van der Waals surface area contributed by atoms with Crippen molar-refractivity contribution in [1.82, 2.24) is 15.5 Å². The number of amides is 2. The van der Waals surface area contributed by atoms with E-state index in [9.17, 15) is 9.59 Å². The fourth-order valence-corrected chi connectivity index (χ4v) is 2.10. The van der Waals surface area contributed by atoms with Crippen LogP contribution in [0.3, 0.4) is 0 Å². The van der Waals surface area contributed by atoms with Crippen molar-refractivity contribution in [2.45, 2.75) is 26.3 Å². The molecule has 1 fully saturated rings. The molecule has 0 aromatic heterocycles. The average Bonchev–Trinajstić information content (AvgIpc) is 2.28. The van der Waals surface area contributed by atoms with Gasteiger partial charge in [-0.05, 0) is 13.3 Å². The van der Waals surface area contributed by atoms with Crippen molar-refractivity contribution in [3.05, 3.63) is 0 Å². The number of nitrogens with zero attached hydrogens (tertiary/aromatic N) is 1. The highest BCUT2D eigenvalue weighted by Gasteiger charge is 2.23. The first-order valence-corrected chi connectivity index (χ1v) is 5.99. The van der Waals surface area contributed by atoms with Crippen LogP contribution in [0.2, 0.25) is 0 Å². The Morgan fingerprint density at radius 2 is 1.94 bits per heavy atom. The normalized spacial score (nSPS) is 19.5. The fraction of sp³-hybridized carbons (Fsp3) is 0.818. The smallest absolute Gasteiger partial charge is 0.404 e. The van der Waals surface area contributed by atoms with Crippen LogP contribution in [0.4, 0.5) is 4.79 Å². The molecule has 6 nitrogen and oxygen atoms in total. The zero-order chi connectivity index (χ0) is 12.8. The van der Waals surface area contributed by atoms with Crippen molar-refractivity contribution in [2.75, 3.05) is 26.2 Å². The van der Waals surface area contributed by atoms with E-state index < -0.39 is 6.09 Å². The van der Waals surface area contributed by atoms with Gasteiger partial charge in [0.15, 0.2) is 0 Å². The van der Waals surface area contributed by atoms with Crippen LogP contribution in [0.1, 0.15) is 20.3 Å². The Morgan fingerprint density at radius 3 is 2.47 bits per heavy atom. The minimum Gasteiger partial charge on any atom is -0.465 e. The quantitative estimate of drug-likeness (QED) is 0.654. The molecule has 2 atom stereocenters. The molecule has 1 aliphatic heterocycles. The summed E-state index contributed by atoms with van der Waals surface area (Å²) in [5.74, 6) is -0.0273. The van der Waals surface area contributed by atoms with Gasteiger partial charge in [0.2, 0.25) is 5.91 Å². The van der Waals surface area contributed by atoms with Gasteiger partial charge in [-0.2, -0.15) is 0 Å². The zero-order valence-electron chi connectivity index (χ0n) is 10.4. The second-order valence-electron chi connectivity index (χ2n) is 4.56. The molecule has 1 aliphatic rings. The molecular weight excluding hydrogens is 222 g/mol. The average molecular weight is 243 g/mol. The van der Waals surface area contributed by atoms with E-state index in [4.69, 9.17) is 5.11 Å². The Morgan fingerprint density at radius 1 is 1.35 bits per heavy atom. The third-order valence-corrected chi connectivity index (χ3v) is 2.93. The van der Waals surface area contributed by atoms with E-state index in [1.807, 2.05) is 11.8 Å². The number of rotatable bonds is 4. The lowest BCUT2D eigenvalue weighted by atomic mass is 10.0. The largest absolute Gasteiger partial charge is 0.465 e. The van der Waals surface area contributed by atoms with Gasteiger partial charge in [-0.1, -0.05) is 6.92 Å². The van der Waals surface area contributed by atoms with Crippen LogP contribution in [0.15, 0.2) is 0 Å². The summed E-state index contributed by atoms with van der Waals surface area (Å²) in [4.78, 5) is 24.3. The molecule has 2 amide bonds. The van der Waals surface area contributed by atoms with Crippen molar-refractivity contribution in [3.63, 3.8) is 0 Å². The highest BCUT2D eigenvalue weighted by atomic mass is 16.4. The number of piperazine rings is 1. The molecule has 3 N–H and O–H groups in total. The second kappa shape index (κ2) is 6.44. The van der Waals surface area contributed by atoms with E-state index in [2.05, 4.69) is 10.6 Å². The monoisotopic (exact) mass is 243 g/mol. The van der Waals surface area contributed by atoms with Crippen LogP contribution in [0.5, 0.6) is 0 Å². The van der Waals surface area contributed by atoms with Crippen LogP contribution in [-0.2, 0) is 4.79 Å². The number of carboxylic acid groups (broad SMARTS) is 1. The third kappa shape index (κ3) is 4.60.